The van der Waals surface area contributed by atoms with Crippen LogP contribution in [0.15, 0.2) is 48.5 Å². The molecule has 1 heterocycles. The molecule has 2 amide bonds. The second kappa shape index (κ2) is 7.49. The highest BCUT2D eigenvalue weighted by Crippen LogP contribution is 2.24. The molecular formula is C19H19ClN2O2. The Morgan fingerprint density at radius 1 is 1.17 bits per heavy atom. The monoisotopic (exact) mass is 342 g/mol. The Morgan fingerprint density at radius 3 is 2.75 bits per heavy atom. The van der Waals surface area contributed by atoms with Gasteiger partial charge in [-0.15, -0.1) is 0 Å². The van der Waals surface area contributed by atoms with E-state index in [4.69, 9.17) is 11.6 Å². The first-order chi connectivity index (χ1) is 11.6. The summed E-state index contributed by atoms with van der Waals surface area (Å²) in [6, 6.07) is 15.0. The number of nitrogens with zero attached hydrogens (tertiary/aromatic N) is 1. The molecule has 2 aromatic carbocycles. The van der Waals surface area contributed by atoms with Crippen LogP contribution < -0.4 is 10.2 Å². The number of hydrogen-bond donors (Lipinski definition) is 1. The first kappa shape index (κ1) is 16.5. The van der Waals surface area contributed by atoms with Crippen molar-refractivity contribution in [1.82, 2.24) is 0 Å². The third kappa shape index (κ3) is 3.95. The van der Waals surface area contributed by atoms with Crippen LogP contribution >= 0.6 is 11.6 Å². The molecule has 0 bridgehead atoms. The van der Waals surface area contributed by atoms with E-state index in [1.54, 1.807) is 4.90 Å². The van der Waals surface area contributed by atoms with E-state index in [0.29, 0.717) is 30.0 Å². The normalized spacial score (nSPS) is 14.0. The molecule has 0 saturated carbocycles. The van der Waals surface area contributed by atoms with Crippen LogP contribution in [-0.4, -0.2) is 18.4 Å². The first-order valence-corrected chi connectivity index (χ1v) is 8.45. The summed E-state index contributed by atoms with van der Waals surface area (Å²) in [7, 11) is 0. The Balaban J connectivity index is 1.60. The lowest BCUT2D eigenvalue weighted by atomic mass is 10.1. The van der Waals surface area contributed by atoms with Gasteiger partial charge < -0.3 is 10.2 Å². The number of carbonyl (C=O) groups is 2. The number of anilines is 2. The summed E-state index contributed by atoms with van der Waals surface area (Å²) in [5, 5.41) is 3.57. The maximum atomic E-state index is 12.2. The van der Waals surface area contributed by atoms with Crippen molar-refractivity contribution in [3.8, 4) is 0 Å². The van der Waals surface area contributed by atoms with E-state index in [1.165, 1.54) is 0 Å². The molecule has 1 saturated heterocycles. The van der Waals surface area contributed by atoms with E-state index in [9.17, 15) is 9.59 Å². The Hall–Kier alpha value is -2.33. The SMILES string of the molecule is O=C(CCc1ccccc1Cl)Nc1cccc(N2CCCC2=O)c1. The molecule has 0 unspecified atom stereocenters. The minimum atomic E-state index is -0.0696. The molecule has 3 rings (SSSR count). The molecule has 0 spiro atoms. The number of carbonyl (C=O) groups excluding carboxylic acids is 2. The van der Waals surface area contributed by atoms with Gasteiger partial charge in [-0.1, -0.05) is 35.9 Å². The van der Waals surface area contributed by atoms with Crippen molar-refractivity contribution in [2.75, 3.05) is 16.8 Å². The summed E-state index contributed by atoms with van der Waals surface area (Å²) in [6.07, 6.45) is 2.42. The van der Waals surface area contributed by atoms with Crippen LogP contribution in [0.1, 0.15) is 24.8 Å². The van der Waals surface area contributed by atoms with Gasteiger partial charge >= 0.3 is 0 Å². The average molecular weight is 343 g/mol. The summed E-state index contributed by atoms with van der Waals surface area (Å²) in [6.45, 7) is 0.739. The van der Waals surface area contributed by atoms with Gasteiger partial charge in [-0.25, -0.2) is 0 Å². The van der Waals surface area contributed by atoms with Crippen LogP contribution in [0.4, 0.5) is 11.4 Å². The summed E-state index contributed by atoms with van der Waals surface area (Å²) < 4.78 is 0. The summed E-state index contributed by atoms with van der Waals surface area (Å²) in [5.74, 6) is 0.0667. The Labute approximate surface area is 146 Å². The highest BCUT2D eigenvalue weighted by atomic mass is 35.5. The van der Waals surface area contributed by atoms with Gasteiger partial charge in [0, 0.05) is 35.8 Å². The number of rotatable bonds is 5. The zero-order valence-electron chi connectivity index (χ0n) is 13.3. The second-order valence-electron chi connectivity index (χ2n) is 5.84. The van der Waals surface area contributed by atoms with Crippen LogP contribution in [-0.2, 0) is 16.0 Å². The number of aryl methyl sites for hydroxylation is 1. The molecule has 0 aliphatic carbocycles. The molecule has 124 valence electrons. The average Bonchev–Trinajstić information content (AvgIpc) is 3.00. The minimum Gasteiger partial charge on any atom is -0.326 e. The Bertz CT molecular complexity index is 761. The minimum absolute atomic E-state index is 0.0696. The molecule has 1 aliphatic heterocycles. The van der Waals surface area contributed by atoms with Crippen molar-refractivity contribution < 1.29 is 9.59 Å². The largest absolute Gasteiger partial charge is 0.326 e. The fraction of sp³-hybridized carbons (Fsp3) is 0.263. The number of benzene rings is 2. The molecule has 2 aromatic rings. The van der Waals surface area contributed by atoms with E-state index in [1.807, 2.05) is 48.5 Å². The third-order valence-electron chi connectivity index (χ3n) is 4.09. The highest BCUT2D eigenvalue weighted by molar-refractivity contribution is 6.31. The number of hydrogen-bond acceptors (Lipinski definition) is 2. The summed E-state index contributed by atoms with van der Waals surface area (Å²) >= 11 is 6.11. The molecule has 1 N–H and O–H groups in total. The predicted octanol–water partition coefficient (Wildman–Crippen LogP) is 4.04. The zero-order valence-corrected chi connectivity index (χ0v) is 14.1. The fourth-order valence-electron chi connectivity index (χ4n) is 2.85. The maximum absolute atomic E-state index is 12.2. The lowest BCUT2D eigenvalue weighted by molar-refractivity contribution is -0.117. The smallest absolute Gasteiger partial charge is 0.227 e. The van der Waals surface area contributed by atoms with Crippen LogP contribution in [0.2, 0.25) is 5.02 Å². The zero-order chi connectivity index (χ0) is 16.9. The van der Waals surface area contributed by atoms with Crippen molar-refractivity contribution in [3.63, 3.8) is 0 Å². The lowest BCUT2D eigenvalue weighted by Gasteiger charge is -2.16. The molecule has 24 heavy (non-hydrogen) atoms. The van der Waals surface area contributed by atoms with Gasteiger partial charge in [0.05, 0.1) is 0 Å². The maximum Gasteiger partial charge on any atom is 0.227 e. The van der Waals surface area contributed by atoms with E-state index in [2.05, 4.69) is 5.32 Å². The number of halogens is 1. The highest BCUT2D eigenvalue weighted by Gasteiger charge is 2.21. The van der Waals surface area contributed by atoms with Gasteiger partial charge in [-0.05, 0) is 42.7 Å². The van der Waals surface area contributed by atoms with Gasteiger partial charge in [0.2, 0.25) is 11.8 Å². The third-order valence-corrected chi connectivity index (χ3v) is 4.46. The van der Waals surface area contributed by atoms with Crippen molar-refractivity contribution in [1.29, 1.82) is 0 Å². The van der Waals surface area contributed by atoms with Crippen LogP contribution in [0.3, 0.4) is 0 Å². The van der Waals surface area contributed by atoms with Crippen LogP contribution in [0.5, 0.6) is 0 Å². The van der Waals surface area contributed by atoms with Crippen molar-refractivity contribution in [2.45, 2.75) is 25.7 Å². The molecule has 1 fully saturated rings. The Morgan fingerprint density at radius 2 is 2.00 bits per heavy atom. The van der Waals surface area contributed by atoms with Crippen LogP contribution in [0.25, 0.3) is 0 Å². The Kier molecular flexibility index (Phi) is 5.16. The molecule has 0 atom stereocenters. The molecule has 0 radical (unpaired) electrons. The topological polar surface area (TPSA) is 49.4 Å². The van der Waals surface area contributed by atoms with Crippen molar-refractivity contribution in [2.24, 2.45) is 0 Å². The number of nitrogens with one attached hydrogen (secondary N) is 1. The number of amides is 2. The lowest BCUT2D eigenvalue weighted by Crippen LogP contribution is -2.23. The second-order valence-corrected chi connectivity index (χ2v) is 6.25. The standard InChI is InChI=1S/C19H19ClN2O2/c20-17-8-2-1-5-14(17)10-11-18(23)21-15-6-3-7-16(13-15)22-12-4-9-19(22)24/h1-3,5-8,13H,4,9-12H2,(H,21,23). The van der Waals surface area contributed by atoms with Crippen molar-refractivity contribution >= 4 is 34.8 Å². The van der Waals surface area contributed by atoms with Gasteiger partial charge in [0.1, 0.15) is 0 Å². The van der Waals surface area contributed by atoms with Gasteiger partial charge in [0.15, 0.2) is 0 Å². The molecule has 0 aromatic heterocycles. The molecular weight excluding hydrogens is 324 g/mol. The van der Waals surface area contributed by atoms with E-state index in [0.717, 1.165) is 24.2 Å². The van der Waals surface area contributed by atoms with Gasteiger partial charge in [0.25, 0.3) is 0 Å². The van der Waals surface area contributed by atoms with E-state index < -0.39 is 0 Å². The summed E-state index contributed by atoms with van der Waals surface area (Å²) in [5.41, 5.74) is 2.50. The predicted molar refractivity (Wildman–Crippen MR) is 96.4 cm³/mol. The summed E-state index contributed by atoms with van der Waals surface area (Å²) in [4.78, 5) is 25.7. The van der Waals surface area contributed by atoms with Gasteiger partial charge in [-0.2, -0.15) is 0 Å². The first-order valence-electron chi connectivity index (χ1n) is 8.07. The quantitative estimate of drug-likeness (QED) is 0.891. The van der Waals surface area contributed by atoms with Crippen molar-refractivity contribution in [3.05, 3.63) is 59.1 Å². The molecule has 1 aliphatic rings. The molecule has 4 nitrogen and oxygen atoms in total. The molecule has 5 heteroatoms. The van der Waals surface area contributed by atoms with Crippen LogP contribution in [0, 0.1) is 0 Å². The van der Waals surface area contributed by atoms with E-state index >= 15 is 0 Å². The van der Waals surface area contributed by atoms with Gasteiger partial charge in [-0.3, -0.25) is 9.59 Å². The van der Waals surface area contributed by atoms with E-state index in [-0.39, 0.29) is 11.8 Å². The fourth-order valence-corrected chi connectivity index (χ4v) is 3.08.